The largest absolute Gasteiger partial charge is 0.299 e. The van der Waals surface area contributed by atoms with Crippen molar-refractivity contribution < 1.29 is 4.39 Å². The van der Waals surface area contributed by atoms with E-state index in [0.717, 1.165) is 19.0 Å². The van der Waals surface area contributed by atoms with Crippen molar-refractivity contribution in [3.8, 4) is 6.07 Å². The molecule has 1 fully saturated rings. The van der Waals surface area contributed by atoms with E-state index in [0.29, 0.717) is 12.1 Å². The van der Waals surface area contributed by atoms with Crippen LogP contribution in [0.2, 0.25) is 0 Å². The number of nitrogens with zero attached hydrogens (tertiary/aromatic N) is 2. The number of halogens is 1. The molecule has 1 unspecified atom stereocenters. The number of likely N-dealkylation sites (tertiary alicyclic amines) is 1. The smallest absolute Gasteiger partial charge is 0.145 e. The zero-order valence-electron chi connectivity index (χ0n) is 10.1. The molecule has 1 aliphatic heterocycles. The highest BCUT2D eigenvalue weighted by Gasteiger charge is 2.22. The van der Waals surface area contributed by atoms with Crippen LogP contribution in [-0.2, 0) is 6.54 Å². The summed E-state index contributed by atoms with van der Waals surface area (Å²) in [5.74, 6) is 0.396. The molecule has 2 rings (SSSR count). The molecule has 1 aromatic carbocycles. The maximum absolute atomic E-state index is 13.9. The highest BCUT2D eigenvalue weighted by molar-refractivity contribution is 5.34. The van der Waals surface area contributed by atoms with E-state index in [2.05, 4.69) is 11.8 Å². The Morgan fingerprint density at radius 2 is 2.35 bits per heavy atom. The third kappa shape index (κ3) is 2.65. The molecule has 0 radical (unpaired) electrons. The maximum atomic E-state index is 13.9. The molecule has 90 valence electrons. The van der Waals surface area contributed by atoms with Crippen LogP contribution >= 0.6 is 0 Å². The summed E-state index contributed by atoms with van der Waals surface area (Å²) in [6.45, 7) is 4.91. The minimum absolute atomic E-state index is 0.147. The molecule has 0 amide bonds. The Kier molecular flexibility index (Phi) is 3.75. The van der Waals surface area contributed by atoms with Crippen LogP contribution in [0.3, 0.4) is 0 Å². The van der Waals surface area contributed by atoms with E-state index in [-0.39, 0.29) is 11.4 Å². The van der Waals surface area contributed by atoms with Crippen molar-refractivity contribution in [1.29, 1.82) is 5.26 Å². The van der Waals surface area contributed by atoms with Crippen LogP contribution in [0, 0.1) is 23.1 Å². The summed E-state index contributed by atoms with van der Waals surface area (Å²) in [4.78, 5) is 2.27. The molecule has 0 aliphatic carbocycles. The highest BCUT2D eigenvalue weighted by atomic mass is 19.1. The van der Waals surface area contributed by atoms with Gasteiger partial charge in [-0.05, 0) is 24.9 Å². The number of rotatable bonds is 3. The maximum Gasteiger partial charge on any atom is 0.145 e. The van der Waals surface area contributed by atoms with Crippen LogP contribution in [0.5, 0.6) is 0 Å². The molecule has 0 spiro atoms. The van der Waals surface area contributed by atoms with E-state index in [1.807, 2.05) is 6.07 Å². The van der Waals surface area contributed by atoms with Crippen LogP contribution in [-0.4, -0.2) is 18.0 Å². The third-order valence-electron chi connectivity index (χ3n) is 3.54. The summed E-state index contributed by atoms with van der Waals surface area (Å²) in [6, 6.07) is 6.94. The normalized spacial score (nSPS) is 20.4. The summed E-state index contributed by atoms with van der Waals surface area (Å²) in [5.41, 5.74) is 0.787. The fraction of sp³-hybridized carbons (Fsp3) is 0.500. The second-order valence-electron chi connectivity index (χ2n) is 4.69. The van der Waals surface area contributed by atoms with Crippen molar-refractivity contribution in [1.82, 2.24) is 4.90 Å². The Labute approximate surface area is 102 Å². The van der Waals surface area contributed by atoms with Crippen molar-refractivity contribution in [2.75, 3.05) is 13.1 Å². The van der Waals surface area contributed by atoms with Gasteiger partial charge in [-0.15, -0.1) is 0 Å². The molecule has 1 heterocycles. The molecule has 1 atom stereocenters. The molecule has 0 N–H and O–H groups in total. The van der Waals surface area contributed by atoms with E-state index in [9.17, 15) is 4.39 Å². The van der Waals surface area contributed by atoms with Gasteiger partial charge < -0.3 is 0 Å². The van der Waals surface area contributed by atoms with Gasteiger partial charge in [-0.3, -0.25) is 4.90 Å². The topological polar surface area (TPSA) is 27.0 Å². The van der Waals surface area contributed by atoms with Crippen LogP contribution < -0.4 is 0 Å². The lowest BCUT2D eigenvalue weighted by molar-refractivity contribution is 0.310. The number of hydrogen-bond acceptors (Lipinski definition) is 2. The van der Waals surface area contributed by atoms with Gasteiger partial charge >= 0.3 is 0 Å². The fourth-order valence-electron chi connectivity index (χ4n) is 2.42. The molecule has 2 nitrogen and oxygen atoms in total. The van der Waals surface area contributed by atoms with Gasteiger partial charge in [0.1, 0.15) is 11.9 Å². The number of nitriles is 1. The Bertz CT molecular complexity index is 436. The monoisotopic (exact) mass is 232 g/mol. The molecule has 0 saturated carbocycles. The first kappa shape index (κ1) is 12.1. The molecule has 17 heavy (non-hydrogen) atoms. The molecule has 1 saturated heterocycles. The predicted molar refractivity (Wildman–Crippen MR) is 64.8 cm³/mol. The Morgan fingerprint density at radius 1 is 1.53 bits per heavy atom. The lowest BCUT2D eigenvalue weighted by atomic mass is 10.1. The van der Waals surface area contributed by atoms with Gasteiger partial charge in [0.2, 0.25) is 0 Å². The van der Waals surface area contributed by atoms with Gasteiger partial charge in [0.25, 0.3) is 0 Å². The van der Waals surface area contributed by atoms with Crippen molar-refractivity contribution in [3.63, 3.8) is 0 Å². The lowest BCUT2D eigenvalue weighted by Gasteiger charge is -2.16. The van der Waals surface area contributed by atoms with Crippen molar-refractivity contribution in [2.45, 2.75) is 26.3 Å². The van der Waals surface area contributed by atoms with E-state index < -0.39 is 0 Å². The number of hydrogen-bond donors (Lipinski definition) is 0. The molecular weight excluding hydrogens is 215 g/mol. The lowest BCUT2D eigenvalue weighted by Crippen LogP contribution is -2.20. The summed E-state index contributed by atoms with van der Waals surface area (Å²) in [7, 11) is 0. The van der Waals surface area contributed by atoms with E-state index in [1.165, 1.54) is 18.9 Å². The second kappa shape index (κ2) is 5.29. The Balaban J connectivity index is 2.07. The predicted octanol–water partition coefficient (Wildman–Crippen LogP) is 2.93. The van der Waals surface area contributed by atoms with E-state index in [1.54, 1.807) is 12.1 Å². The van der Waals surface area contributed by atoms with Gasteiger partial charge in [0.05, 0.1) is 5.56 Å². The minimum Gasteiger partial charge on any atom is -0.299 e. The van der Waals surface area contributed by atoms with E-state index >= 15 is 0 Å². The van der Waals surface area contributed by atoms with Crippen molar-refractivity contribution in [3.05, 3.63) is 35.1 Å². The minimum atomic E-state index is -0.352. The van der Waals surface area contributed by atoms with Crippen molar-refractivity contribution >= 4 is 0 Å². The summed E-state index contributed by atoms with van der Waals surface area (Å²) < 4.78 is 13.9. The standard InChI is InChI=1S/C14H17FN2/c1-2-11-6-7-17(9-11)10-13-5-3-4-12(8-16)14(13)15/h3-5,11H,2,6-7,9-10H2,1H3. The molecular formula is C14H17FN2. The van der Waals surface area contributed by atoms with Gasteiger partial charge in [0.15, 0.2) is 0 Å². The molecule has 0 bridgehead atoms. The molecule has 1 aliphatic rings. The van der Waals surface area contributed by atoms with Crippen LogP contribution in [0.25, 0.3) is 0 Å². The fourth-order valence-corrected chi connectivity index (χ4v) is 2.42. The number of benzene rings is 1. The van der Waals surface area contributed by atoms with Crippen LogP contribution in [0.4, 0.5) is 4.39 Å². The SMILES string of the molecule is CCC1CCN(Cc2cccc(C#N)c2F)C1. The third-order valence-corrected chi connectivity index (χ3v) is 3.54. The second-order valence-corrected chi connectivity index (χ2v) is 4.69. The summed E-state index contributed by atoms with van der Waals surface area (Å²) >= 11 is 0. The van der Waals surface area contributed by atoms with Crippen LogP contribution in [0.1, 0.15) is 30.9 Å². The zero-order valence-corrected chi connectivity index (χ0v) is 10.1. The van der Waals surface area contributed by atoms with Gasteiger partial charge in [-0.2, -0.15) is 5.26 Å². The van der Waals surface area contributed by atoms with Gasteiger partial charge in [-0.1, -0.05) is 25.5 Å². The Morgan fingerprint density at radius 3 is 3.00 bits per heavy atom. The van der Waals surface area contributed by atoms with E-state index in [4.69, 9.17) is 5.26 Å². The average molecular weight is 232 g/mol. The summed E-state index contributed by atoms with van der Waals surface area (Å²) in [6.07, 6.45) is 2.40. The van der Waals surface area contributed by atoms with Gasteiger partial charge in [0, 0.05) is 18.7 Å². The van der Waals surface area contributed by atoms with Crippen molar-refractivity contribution in [2.24, 2.45) is 5.92 Å². The molecule has 1 aromatic rings. The highest BCUT2D eigenvalue weighted by Crippen LogP contribution is 2.22. The molecule has 0 aromatic heterocycles. The zero-order chi connectivity index (χ0) is 12.3. The first-order valence-electron chi connectivity index (χ1n) is 6.14. The first-order valence-corrected chi connectivity index (χ1v) is 6.14. The average Bonchev–Trinajstić information content (AvgIpc) is 2.79. The van der Waals surface area contributed by atoms with Crippen LogP contribution in [0.15, 0.2) is 18.2 Å². The quantitative estimate of drug-likeness (QED) is 0.801. The Hall–Kier alpha value is -1.40. The molecule has 3 heteroatoms. The summed E-state index contributed by atoms with van der Waals surface area (Å²) in [5, 5.41) is 8.78. The van der Waals surface area contributed by atoms with Gasteiger partial charge in [-0.25, -0.2) is 4.39 Å². The first-order chi connectivity index (χ1) is 8.24.